The number of unbranched alkanes of at least 4 members (excludes halogenated alkanes) is 47. The van der Waals surface area contributed by atoms with Gasteiger partial charge in [-0.25, -0.2) is 5.01 Å². The number of esters is 4. The highest BCUT2D eigenvalue weighted by atomic mass is 16.6. The Morgan fingerprint density at radius 2 is 0.542 bits per heavy atom. The Balaban J connectivity index is 5.29. The molecule has 0 aliphatic carbocycles. The van der Waals surface area contributed by atoms with Crippen molar-refractivity contribution >= 4 is 35.7 Å². The monoisotopic (exact) mass is 1520 g/mol. The summed E-state index contributed by atoms with van der Waals surface area (Å²) in [6.07, 6.45) is 72.9. The van der Waals surface area contributed by atoms with Crippen LogP contribution in [0.25, 0.3) is 0 Å². The van der Waals surface area contributed by atoms with E-state index in [1.807, 2.05) is 5.01 Å². The SMILES string of the molecule is CCCCCCCCCCCOC(=O)CCCCCN(CCCCCCC(=O)OC(CCCCCCCC)CCCCCCCC)CCNC(=O)CCOCCCC(=O)NN(CCCCCCCC(=O)OC(CCCCCCCC)CCCCCCCC)CCCCCC(=O)OCCCCCCCCCCC. The molecule has 632 valence electrons. The summed E-state index contributed by atoms with van der Waals surface area (Å²) in [6, 6.07) is 0. The number of hydrogen-bond donors (Lipinski definition) is 2. The normalized spacial score (nSPS) is 11.6. The highest BCUT2D eigenvalue weighted by Crippen LogP contribution is 2.22. The van der Waals surface area contributed by atoms with Crippen LogP contribution in [0.5, 0.6) is 0 Å². The number of nitrogens with one attached hydrogen (secondary N) is 2. The van der Waals surface area contributed by atoms with Crippen molar-refractivity contribution in [3.63, 3.8) is 0 Å². The predicted octanol–water partition coefficient (Wildman–Crippen LogP) is 25.3. The van der Waals surface area contributed by atoms with Crippen molar-refractivity contribution in [2.24, 2.45) is 0 Å². The number of ether oxygens (including phenoxy) is 5. The van der Waals surface area contributed by atoms with Gasteiger partial charge >= 0.3 is 23.9 Å². The van der Waals surface area contributed by atoms with Crippen LogP contribution in [-0.4, -0.2) is 124 Å². The number of carbonyl (C=O) groups is 6. The molecule has 0 aliphatic heterocycles. The standard InChI is InChI=1S/C92H178N4O11/c1-7-13-19-25-31-33-35-46-62-82-104-89(99)70-56-48-59-77-95(76-58-45-43-55-73-92(102)107-86(67-52-40-29-23-17-11-5)68-53-41-30-24-18-12-6)80-75-93-87(97)74-84-103-81-64-69-88(98)94-96(79-61-49-57-71-90(100)105-83-63-47-36-34-32-26-20-14-8-2)78-60-44-37-42-54-72-91(101)106-85(65-50-38-27-21-15-9-3)66-51-39-28-22-16-10-4/h85-86H,7-84H2,1-6H3,(H,93,97)(H,94,98). The zero-order valence-corrected chi connectivity index (χ0v) is 71.7. The van der Waals surface area contributed by atoms with Crippen LogP contribution in [-0.2, 0) is 52.5 Å². The molecule has 15 nitrogen and oxygen atoms in total. The maximum Gasteiger partial charge on any atom is 0.306 e. The Morgan fingerprint density at radius 1 is 0.252 bits per heavy atom. The summed E-state index contributed by atoms with van der Waals surface area (Å²) < 4.78 is 29.3. The van der Waals surface area contributed by atoms with Gasteiger partial charge in [0.15, 0.2) is 0 Å². The molecule has 0 radical (unpaired) electrons. The molecule has 2 N–H and O–H groups in total. The van der Waals surface area contributed by atoms with Gasteiger partial charge in [0.1, 0.15) is 12.2 Å². The van der Waals surface area contributed by atoms with E-state index < -0.39 is 0 Å². The van der Waals surface area contributed by atoms with Crippen molar-refractivity contribution in [1.82, 2.24) is 20.7 Å². The number of carbonyl (C=O) groups excluding carboxylic acids is 6. The van der Waals surface area contributed by atoms with E-state index in [2.05, 4.69) is 57.2 Å². The van der Waals surface area contributed by atoms with E-state index in [0.717, 1.165) is 200 Å². The van der Waals surface area contributed by atoms with Gasteiger partial charge in [0, 0.05) is 71.3 Å². The Kier molecular flexibility index (Phi) is 82.5. The molecule has 0 saturated heterocycles. The van der Waals surface area contributed by atoms with Gasteiger partial charge in [-0.2, -0.15) is 0 Å². The first-order valence-electron chi connectivity index (χ1n) is 46.8. The molecule has 0 spiro atoms. The van der Waals surface area contributed by atoms with E-state index in [1.165, 1.54) is 218 Å². The Morgan fingerprint density at radius 3 is 0.897 bits per heavy atom. The predicted molar refractivity (Wildman–Crippen MR) is 450 cm³/mol. The molecule has 0 aromatic carbocycles. The number of hydrogen-bond acceptors (Lipinski definition) is 13. The molecular weight excluding hydrogens is 1340 g/mol. The third-order valence-electron chi connectivity index (χ3n) is 21.4. The van der Waals surface area contributed by atoms with E-state index in [0.29, 0.717) is 71.4 Å². The second-order valence-corrected chi connectivity index (χ2v) is 32.0. The average Bonchev–Trinajstić information content (AvgIpc) is 1.09. The fourth-order valence-electron chi connectivity index (χ4n) is 14.4. The zero-order valence-electron chi connectivity index (χ0n) is 71.7. The third kappa shape index (κ3) is 79.2. The summed E-state index contributed by atoms with van der Waals surface area (Å²) in [7, 11) is 0. The Bertz CT molecular complexity index is 1900. The molecule has 0 heterocycles. The van der Waals surface area contributed by atoms with Crippen LogP contribution in [0.15, 0.2) is 0 Å². The maximum absolute atomic E-state index is 13.4. The van der Waals surface area contributed by atoms with Gasteiger partial charge < -0.3 is 33.9 Å². The van der Waals surface area contributed by atoms with Crippen molar-refractivity contribution in [3.8, 4) is 0 Å². The third-order valence-corrected chi connectivity index (χ3v) is 21.4. The summed E-state index contributed by atoms with van der Waals surface area (Å²) in [5.41, 5.74) is 3.18. The Hall–Kier alpha value is -3.30. The van der Waals surface area contributed by atoms with Crippen LogP contribution in [0.2, 0.25) is 0 Å². The molecule has 2 amide bonds. The van der Waals surface area contributed by atoms with Gasteiger partial charge in [-0.05, 0) is 135 Å². The van der Waals surface area contributed by atoms with Crippen molar-refractivity contribution < 1.29 is 52.5 Å². The first-order chi connectivity index (χ1) is 52.5. The summed E-state index contributed by atoms with van der Waals surface area (Å²) >= 11 is 0. The fraction of sp³-hybridized carbons (Fsp3) is 0.935. The second-order valence-electron chi connectivity index (χ2n) is 32.0. The highest BCUT2D eigenvalue weighted by molar-refractivity contribution is 5.76. The number of amides is 2. The molecule has 0 aromatic rings. The van der Waals surface area contributed by atoms with Crippen LogP contribution < -0.4 is 10.7 Å². The molecule has 0 aliphatic rings. The summed E-state index contributed by atoms with van der Waals surface area (Å²) in [6.45, 7) is 19.7. The molecule has 107 heavy (non-hydrogen) atoms. The van der Waals surface area contributed by atoms with Crippen LogP contribution in [0.4, 0.5) is 0 Å². The summed E-state index contributed by atoms with van der Waals surface area (Å²) in [4.78, 5) is 80.3. The quantitative estimate of drug-likeness (QED) is 0.0255. The van der Waals surface area contributed by atoms with Crippen LogP contribution in [0.3, 0.4) is 0 Å². The summed E-state index contributed by atoms with van der Waals surface area (Å²) in [5, 5.41) is 5.17. The molecule has 0 saturated carbocycles. The summed E-state index contributed by atoms with van der Waals surface area (Å²) in [5.74, 6) is -0.391. The van der Waals surface area contributed by atoms with Crippen molar-refractivity contribution in [2.75, 3.05) is 65.7 Å². The average molecular weight is 1520 g/mol. The zero-order chi connectivity index (χ0) is 77.9. The lowest BCUT2D eigenvalue weighted by atomic mass is 10.0. The van der Waals surface area contributed by atoms with Gasteiger partial charge in [-0.3, -0.25) is 34.2 Å². The number of rotatable bonds is 88. The van der Waals surface area contributed by atoms with Gasteiger partial charge in [-0.15, -0.1) is 0 Å². The molecule has 0 atom stereocenters. The molecule has 0 aromatic heterocycles. The number of hydrazine groups is 1. The van der Waals surface area contributed by atoms with E-state index in [9.17, 15) is 28.8 Å². The van der Waals surface area contributed by atoms with E-state index in [4.69, 9.17) is 23.7 Å². The molecule has 15 heteroatoms. The molecule has 0 unspecified atom stereocenters. The lowest BCUT2D eigenvalue weighted by Gasteiger charge is -2.23. The minimum Gasteiger partial charge on any atom is -0.466 e. The topological polar surface area (TPSA) is 179 Å². The largest absolute Gasteiger partial charge is 0.466 e. The van der Waals surface area contributed by atoms with E-state index >= 15 is 0 Å². The van der Waals surface area contributed by atoms with E-state index in [1.54, 1.807) is 0 Å². The van der Waals surface area contributed by atoms with Crippen molar-refractivity contribution in [2.45, 2.75) is 490 Å². The first kappa shape index (κ1) is 104. The van der Waals surface area contributed by atoms with Gasteiger partial charge in [0.05, 0.1) is 19.8 Å². The lowest BCUT2D eigenvalue weighted by Crippen LogP contribution is -2.43. The molecule has 0 rings (SSSR count). The minimum absolute atomic E-state index is 0.0375. The van der Waals surface area contributed by atoms with Gasteiger partial charge in [0.25, 0.3) is 0 Å². The van der Waals surface area contributed by atoms with Gasteiger partial charge in [-0.1, -0.05) is 318 Å². The van der Waals surface area contributed by atoms with Crippen LogP contribution in [0, 0.1) is 0 Å². The van der Waals surface area contributed by atoms with Crippen molar-refractivity contribution in [1.29, 1.82) is 0 Å². The van der Waals surface area contributed by atoms with Crippen molar-refractivity contribution in [3.05, 3.63) is 0 Å². The second kappa shape index (κ2) is 85.1. The smallest absolute Gasteiger partial charge is 0.306 e. The highest BCUT2D eigenvalue weighted by Gasteiger charge is 2.18. The van der Waals surface area contributed by atoms with Crippen LogP contribution >= 0.6 is 0 Å². The minimum atomic E-state index is -0.116. The molecular formula is C92H178N4O11. The van der Waals surface area contributed by atoms with Gasteiger partial charge in [0.2, 0.25) is 11.8 Å². The Labute approximate surface area is 661 Å². The fourth-order valence-corrected chi connectivity index (χ4v) is 14.4. The van der Waals surface area contributed by atoms with E-state index in [-0.39, 0.29) is 60.9 Å². The molecule has 0 fully saturated rings. The lowest BCUT2D eigenvalue weighted by molar-refractivity contribution is -0.151. The van der Waals surface area contributed by atoms with Crippen LogP contribution in [0.1, 0.15) is 478 Å². The first-order valence-corrected chi connectivity index (χ1v) is 46.8. The number of nitrogens with zero attached hydrogens (tertiary/aromatic N) is 2. The molecule has 0 bridgehead atoms. The maximum atomic E-state index is 13.4.